The minimum Gasteiger partial charge on any atom is -0.444 e. The number of carbonyl (C=O) groups excluding carboxylic acids is 1. The predicted octanol–water partition coefficient (Wildman–Crippen LogP) is 4.42. The number of hydrogen-bond acceptors (Lipinski definition) is 6. The summed E-state index contributed by atoms with van der Waals surface area (Å²) in [5.74, 6) is 1.31. The molecule has 1 aliphatic heterocycles. The van der Waals surface area contributed by atoms with Crippen molar-refractivity contribution < 1.29 is 14.3 Å². The summed E-state index contributed by atoms with van der Waals surface area (Å²) >= 11 is 6.18. The normalized spacial score (nSPS) is 17.1. The van der Waals surface area contributed by atoms with Gasteiger partial charge >= 0.3 is 12.1 Å². The fraction of sp³-hybridized carbons (Fsp3) is 0.450. The Morgan fingerprint density at radius 3 is 2.71 bits per heavy atom. The maximum atomic E-state index is 12.1. The predicted molar refractivity (Wildman–Crippen MR) is 108 cm³/mol. The Labute approximate surface area is 170 Å². The number of hydrogen-bond donors (Lipinski definition) is 1. The van der Waals surface area contributed by atoms with E-state index in [4.69, 9.17) is 21.1 Å². The van der Waals surface area contributed by atoms with Crippen molar-refractivity contribution in [2.45, 2.75) is 45.3 Å². The van der Waals surface area contributed by atoms with Gasteiger partial charge in [-0.05, 0) is 45.7 Å². The highest BCUT2D eigenvalue weighted by Gasteiger charge is 2.25. The van der Waals surface area contributed by atoms with Crippen molar-refractivity contribution in [3.8, 4) is 11.8 Å². The molecule has 0 saturated carbocycles. The molecule has 1 aliphatic rings. The summed E-state index contributed by atoms with van der Waals surface area (Å²) in [5, 5.41) is 3.24. The molecule has 1 atom stereocenters. The van der Waals surface area contributed by atoms with Crippen molar-refractivity contribution in [2.75, 3.05) is 18.0 Å². The third kappa shape index (κ3) is 5.99. The second kappa shape index (κ2) is 8.65. The van der Waals surface area contributed by atoms with Gasteiger partial charge in [-0.1, -0.05) is 29.8 Å². The summed E-state index contributed by atoms with van der Waals surface area (Å²) in [6.07, 6.45) is 1.38. The molecule has 1 saturated heterocycles. The molecule has 1 amide bonds. The first-order valence-electron chi connectivity index (χ1n) is 9.30. The lowest BCUT2D eigenvalue weighted by atomic mass is 10.1. The number of carbonyl (C=O) groups is 1. The summed E-state index contributed by atoms with van der Waals surface area (Å²) in [4.78, 5) is 22.8. The fourth-order valence-corrected chi connectivity index (χ4v) is 3.13. The van der Waals surface area contributed by atoms with Crippen molar-refractivity contribution in [2.24, 2.45) is 0 Å². The van der Waals surface area contributed by atoms with E-state index in [1.807, 2.05) is 51.1 Å². The zero-order valence-electron chi connectivity index (χ0n) is 16.3. The number of anilines is 1. The number of amides is 1. The van der Waals surface area contributed by atoms with Crippen molar-refractivity contribution in [1.82, 2.24) is 15.3 Å². The lowest BCUT2D eigenvalue weighted by Gasteiger charge is -2.34. The lowest BCUT2D eigenvalue weighted by molar-refractivity contribution is 0.0500. The second-order valence-electron chi connectivity index (χ2n) is 7.68. The van der Waals surface area contributed by atoms with Crippen LogP contribution in [0.25, 0.3) is 0 Å². The number of nitrogens with one attached hydrogen (secondary N) is 1. The van der Waals surface area contributed by atoms with Crippen LogP contribution in [0.15, 0.2) is 36.4 Å². The molecule has 7 nitrogen and oxygen atoms in total. The monoisotopic (exact) mass is 404 g/mol. The van der Waals surface area contributed by atoms with Crippen molar-refractivity contribution >= 4 is 23.5 Å². The first kappa shape index (κ1) is 20.2. The maximum absolute atomic E-state index is 12.1. The van der Waals surface area contributed by atoms with E-state index in [0.29, 0.717) is 23.3 Å². The third-order valence-corrected chi connectivity index (χ3v) is 4.27. The Balaban J connectivity index is 1.68. The van der Waals surface area contributed by atoms with Crippen molar-refractivity contribution in [3.63, 3.8) is 0 Å². The van der Waals surface area contributed by atoms with Crippen LogP contribution in [-0.2, 0) is 4.74 Å². The second-order valence-corrected chi connectivity index (χ2v) is 8.07. The molecule has 8 heteroatoms. The van der Waals surface area contributed by atoms with Gasteiger partial charge in [-0.3, -0.25) is 0 Å². The van der Waals surface area contributed by atoms with Crippen LogP contribution >= 0.6 is 11.6 Å². The number of aromatic nitrogens is 2. The first-order chi connectivity index (χ1) is 13.3. The summed E-state index contributed by atoms with van der Waals surface area (Å²) in [6.45, 7) is 6.95. The number of nitrogens with zero attached hydrogens (tertiary/aromatic N) is 3. The SMILES string of the molecule is CC(C)(C)OC(=O)NC1CCCN(c2cc(Cl)nc(Oc3ccccc3)n2)C1. The summed E-state index contributed by atoms with van der Waals surface area (Å²) in [6, 6.07) is 11.2. The number of piperidine rings is 1. The van der Waals surface area contributed by atoms with E-state index in [1.165, 1.54) is 0 Å². The van der Waals surface area contributed by atoms with Gasteiger partial charge in [0.1, 0.15) is 22.3 Å². The van der Waals surface area contributed by atoms with E-state index >= 15 is 0 Å². The molecular formula is C20H25ClN4O3. The van der Waals surface area contributed by atoms with Crippen LogP contribution < -0.4 is 15.0 Å². The molecule has 1 unspecified atom stereocenters. The molecule has 3 rings (SSSR count). The average molecular weight is 405 g/mol. The standard InChI is InChI=1S/C20H25ClN4O3/c1-20(2,3)28-19(26)22-14-8-7-11-25(13-14)17-12-16(21)23-18(24-17)27-15-9-5-4-6-10-15/h4-6,9-10,12,14H,7-8,11,13H2,1-3H3,(H,22,26). The van der Waals surface area contributed by atoms with Crippen LogP contribution in [0.4, 0.5) is 10.6 Å². The van der Waals surface area contributed by atoms with Gasteiger partial charge in [0.2, 0.25) is 0 Å². The lowest BCUT2D eigenvalue weighted by Crippen LogP contribution is -2.49. The number of benzene rings is 1. The van der Waals surface area contributed by atoms with Gasteiger partial charge < -0.3 is 19.7 Å². The third-order valence-electron chi connectivity index (χ3n) is 4.08. The Hall–Kier alpha value is -2.54. The maximum Gasteiger partial charge on any atom is 0.407 e. The zero-order chi connectivity index (χ0) is 20.1. The van der Waals surface area contributed by atoms with E-state index < -0.39 is 11.7 Å². The van der Waals surface area contributed by atoms with Crippen LogP contribution in [-0.4, -0.2) is 40.8 Å². The molecule has 0 radical (unpaired) electrons. The largest absolute Gasteiger partial charge is 0.444 e. The molecule has 0 spiro atoms. The van der Waals surface area contributed by atoms with Crippen LogP contribution in [0.3, 0.4) is 0 Å². The number of para-hydroxylation sites is 1. The van der Waals surface area contributed by atoms with Crippen LogP contribution in [0.1, 0.15) is 33.6 Å². The highest BCUT2D eigenvalue weighted by molar-refractivity contribution is 6.29. The number of rotatable bonds is 4. The Bertz CT molecular complexity index is 811. The van der Waals surface area contributed by atoms with Crippen LogP contribution in [0.2, 0.25) is 5.15 Å². The van der Waals surface area contributed by atoms with E-state index in [9.17, 15) is 4.79 Å². The van der Waals surface area contributed by atoms with Gasteiger partial charge in [0.05, 0.1) is 0 Å². The smallest absolute Gasteiger partial charge is 0.407 e. The highest BCUT2D eigenvalue weighted by atomic mass is 35.5. The molecule has 1 N–H and O–H groups in total. The minimum atomic E-state index is -0.525. The van der Waals surface area contributed by atoms with E-state index in [-0.39, 0.29) is 12.1 Å². The quantitative estimate of drug-likeness (QED) is 0.760. The van der Waals surface area contributed by atoms with Gasteiger partial charge in [0.25, 0.3) is 0 Å². The van der Waals surface area contributed by atoms with Gasteiger partial charge in [-0.15, -0.1) is 0 Å². The Kier molecular flexibility index (Phi) is 6.24. The summed E-state index contributed by atoms with van der Waals surface area (Å²) in [5.41, 5.74) is -0.525. The van der Waals surface area contributed by atoms with E-state index in [2.05, 4.69) is 20.2 Å². The number of alkyl carbamates (subject to hydrolysis) is 1. The molecule has 2 aromatic rings. The number of ether oxygens (including phenoxy) is 2. The number of halogens is 1. The Morgan fingerprint density at radius 1 is 1.25 bits per heavy atom. The van der Waals surface area contributed by atoms with Gasteiger partial charge in [-0.25, -0.2) is 4.79 Å². The van der Waals surface area contributed by atoms with E-state index in [0.717, 1.165) is 19.4 Å². The van der Waals surface area contributed by atoms with Gasteiger partial charge in [0.15, 0.2) is 0 Å². The summed E-state index contributed by atoms with van der Waals surface area (Å²) < 4.78 is 11.1. The molecule has 150 valence electrons. The first-order valence-corrected chi connectivity index (χ1v) is 9.68. The fourth-order valence-electron chi connectivity index (χ4n) is 2.96. The highest BCUT2D eigenvalue weighted by Crippen LogP contribution is 2.25. The van der Waals surface area contributed by atoms with E-state index in [1.54, 1.807) is 6.07 Å². The van der Waals surface area contributed by atoms with Crippen LogP contribution in [0, 0.1) is 0 Å². The summed E-state index contributed by atoms with van der Waals surface area (Å²) in [7, 11) is 0. The minimum absolute atomic E-state index is 0.0316. The molecule has 0 bridgehead atoms. The molecule has 1 aromatic heterocycles. The molecular weight excluding hydrogens is 380 g/mol. The Morgan fingerprint density at radius 2 is 2.00 bits per heavy atom. The molecule has 1 fully saturated rings. The molecule has 1 aromatic carbocycles. The van der Waals surface area contributed by atoms with Gasteiger partial charge in [0, 0.05) is 25.2 Å². The van der Waals surface area contributed by atoms with Crippen LogP contribution in [0.5, 0.6) is 11.8 Å². The molecule has 0 aliphatic carbocycles. The van der Waals surface area contributed by atoms with Gasteiger partial charge in [-0.2, -0.15) is 9.97 Å². The zero-order valence-corrected chi connectivity index (χ0v) is 17.1. The topological polar surface area (TPSA) is 76.6 Å². The average Bonchev–Trinajstić information content (AvgIpc) is 2.60. The molecule has 2 heterocycles. The van der Waals surface area contributed by atoms with Crippen molar-refractivity contribution in [1.29, 1.82) is 0 Å². The van der Waals surface area contributed by atoms with Crippen molar-refractivity contribution in [3.05, 3.63) is 41.6 Å². The molecule has 28 heavy (non-hydrogen) atoms.